The number of ether oxygens (including phenoxy) is 2. The zero-order chi connectivity index (χ0) is 12.9. The molecule has 4 nitrogen and oxygen atoms in total. The molecule has 0 atom stereocenters. The van der Waals surface area contributed by atoms with Crippen molar-refractivity contribution >= 4 is 0 Å². The van der Waals surface area contributed by atoms with Crippen molar-refractivity contribution in [1.82, 2.24) is 9.55 Å². The van der Waals surface area contributed by atoms with Gasteiger partial charge < -0.3 is 14.0 Å². The highest BCUT2D eigenvalue weighted by atomic mass is 16.7. The van der Waals surface area contributed by atoms with Gasteiger partial charge in [0.15, 0.2) is 6.29 Å². The van der Waals surface area contributed by atoms with E-state index in [0.717, 1.165) is 43.9 Å². The minimum absolute atomic E-state index is 0.0590. The molecule has 1 aromatic carbocycles. The van der Waals surface area contributed by atoms with Gasteiger partial charge in [-0.1, -0.05) is 30.3 Å². The predicted octanol–water partition coefficient (Wildman–Crippen LogP) is 2.70. The maximum Gasteiger partial charge on any atom is 0.159 e. The summed E-state index contributed by atoms with van der Waals surface area (Å²) >= 11 is 0. The van der Waals surface area contributed by atoms with Crippen molar-refractivity contribution in [3.63, 3.8) is 0 Å². The minimum Gasteiger partial charge on any atom is -0.353 e. The largest absolute Gasteiger partial charge is 0.353 e. The zero-order valence-electron chi connectivity index (χ0n) is 10.9. The molecule has 4 heteroatoms. The van der Waals surface area contributed by atoms with E-state index in [4.69, 9.17) is 9.47 Å². The summed E-state index contributed by atoms with van der Waals surface area (Å²) in [5.74, 6) is 0. The summed E-state index contributed by atoms with van der Waals surface area (Å²) in [6, 6.07) is 10.2. The fraction of sp³-hybridized carbons (Fsp3) is 0.400. The first-order chi connectivity index (χ1) is 9.42. The van der Waals surface area contributed by atoms with Gasteiger partial charge in [0.1, 0.15) is 0 Å². The van der Waals surface area contributed by atoms with Gasteiger partial charge >= 0.3 is 0 Å². The van der Waals surface area contributed by atoms with E-state index in [-0.39, 0.29) is 6.29 Å². The van der Waals surface area contributed by atoms with E-state index in [0.29, 0.717) is 0 Å². The molecule has 0 amide bonds. The van der Waals surface area contributed by atoms with Crippen LogP contribution in [0.2, 0.25) is 0 Å². The number of imidazole rings is 1. The molecule has 0 unspecified atom stereocenters. The number of benzene rings is 1. The van der Waals surface area contributed by atoms with E-state index in [2.05, 4.69) is 27.9 Å². The average Bonchev–Trinajstić information content (AvgIpc) is 2.96. The summed E-state index contributed by atoms with van der Waals surface area (Å²) in [6.07, 6.45) is 5.74. The molecule has 1 fully saturated rings. The van der Waals surface area contributed by atoms with E-state index >= 15 is 0 Å². The Morgan fingerprint density at radius 1 is 1.16 bits per heavy atom. The third-order valence-electron chi connectivity index (χ3n) is 3.22. The Morgan fingerprint density at radius 2 is 1.95 bits per heavy atom. The number of nitrogens with zero attached hydrogens (tertiary/aromatic N) is 2. The lowest BCUT2D eigenvalue weighted by Gasteiger charge is -2.23. The van der Waals surface area contributed by atoms with Crippen LogP contribution in [0.5, 0.6) is 0 Å². The zero-order valence-corrected chi connectivity index (χ0v) is 10.9. The van der Waals surface area contributed by atoms with E-state index in [1.807, 2.05) is 24.5 Å². The summed E-state index contributed by atoms with van der Waals surface area (Å²) in [4.78, 5) is 4.43. The van der Waals surface area contributed by atoms with Gasteiger partial charge in [-0.2, -0.15) is 0 Å². The lowest BCUT2D eigenvalue weighted by Crippen LogP contribution is -2.25. The van der Waals surface area contributed by atoms with Crippen LogP contribution in [0.1, 0.15) is 12.8 Å². The second kappa shape index (κ2) is 5.99. The lowest BCUT2D eigenvalue weighted by molar-refractivity contribution is -0.182. The van der Waals surface area contributed by atoms with Crippen LogP contribution in [0.25, 0.3) is 11.3 Å². The van der Waals surface area contributed by atoms with Gasteiger partial charge in [-0.15, -0.1) is 0 Å². The molecule has 3 rings (SSSR count). The highest BCUT2D eigenvalue weighted by Crippen LogP contribution is 2.17. The molecule has 1 aromatic heterocycles. The Morgan fingerprint density at radius 3 is 2.74 bits per heavy atom. The topological polar surface area (TPSA) is 36.3 Å². The second-order valence-corrected chi connectivity index (χ2v) is 4.68. The molecule has 0 N–H and O–H groups in total. The van der Waals surface area contributed by atoms with Crippen molar-refractivity contribution < 1.29 is 9.47 Å². The van der Waals surface area contributed by atoms with Crippen LogP contribution in [-0.2, 0) is 16.0 Å². The average molecular weight is 258 g/mol. The van der Waals surface area contributed by atoms with Gasteiger partial charge in [-0.25, -0.2) is 4.98 Å². The Hall–Kier alpha value is -1.65. The molecule has 2 aromatic rings. The van der Waals surface area contributed by atoms with Crippen molar-refractivity contribution in [1.29, 1.82) is 0 Å². The van der Waals surface area contributed by atoms with Gasteiger partial charge in [0.05, 0.1) is 25.2 Å². The molecule has 1 aliphatic heterocycles. The molecule has 0 bridgehead atoms. The van der Waals surface area contributed by atoms with Crippen LogP contribution in [-0.4, -0.2) is 29.1 Å². The smallest absolute Gasteiger partial charge is 0.159 e. The third-order valence-corrected chi connectivity index (χ3v) is 3.22. The van der Waals surface area contributed by atoms with E-state index in [1.165, 1.54) is 0 Å². The minimum atomic E-state index is -0.0590. The Labute approximate surface area is 113 Å². The Kier molecular flexibility index (Phi) is 3.91. The number of aromatic nitrogens is 2. The quantitative estimate of drug-likeness (QED) is 0.846. The van der Waals surface area contributed by atoms with Gasteiger partial charge in [-0.3, -0.25) is 0 Å². The molecule has 1 saturated heterocycles. The van der Waals surface area contributed by atoms with Crippen molar-refractivity contribution in [3.8, 4) is 11.3 Å². The maximum absolute atomic E-state index is 5.54. The maximum atomic E-state index is 5.54. The highest BCUT2D eigenvalue weighted by molar-refractivity contribution is 5.57. The molecule has 0 spiro atoms. The molecule has 2 heterocycles. The fourth-order valence-corrected chi connectivity index (χ4v) is 2.20. The molecule has 100 valence electrons. The van der Waals surface area contributed by atoms with Crippen LogP contribution in [0.3, 0.4) is 0 Å². The second-order valence-electron chi connectivity index (χ2n) is 4.68. The number of hydrogen-bond donors (Lipinski definition) is 0. The number of rotatable bonds is 4. The molecular formula is C15H18N2O2. The normalized spacial score (nSPS) is 16.6. The van der Waals surface area contributed by atoms with E-state index in [1.54, 1.807) is 0 Å². The van der Waals surface area contributed by atoms with Crippen molar-refractivity contribution in [2.45, 2.75) is 25.7 Å². The summed E-state index contributed by atoms with van der Waals surface area (Å²) in [7, 11) is 0. The number of aryl methyl sites for hydroxylation is 1. The first kappa shape index (κ1) is 12.4. The summed E-state index contributed by atoms with van der Waals surface area (Å²) in [6.45, 7) is 2.48. The van der Waals surface area contributed by atoms with Gasteiger partial charge in [0.2, 0.25) is 0 Å². The summed E-state index contributed by atoms with van der Waals surface area (Å²) < 4.78 is 13.2. The van der Waals surface area contributed by atoms with Crippen molar-refractivity contribution in [2.24, 2.45) is 0 Å². The van der Waals surface area contributed by atoms with Crippen LogP contribution < -0.4 is 0 Å². The monoisotopic (exact) mass is 258 g/mol. The Balaban J connectivity index is 1.59. The van der Waals surface area contributed by atoms with Crippen LogP contribution in [0.15, 0.2) is 42.9 Å². The molecule has 1 aliphatic rings. The van der Waals surface area contributed by atoms with Crippen LogP contribution in [0.4, 0.5) is 0 Å². The van der Waals surface area contributed by atoms with Gasteiger partial charge in [0, 0.05) is 24.7 Å². The fourth-order valence-electron chi connectivity index (χ4n) is 2.20. The standard InChI is InChI=1S/C15H18N2O2/c1-2-5-13(6-3-1)14-11-17(12-16-14)8-7-15-18-9-4-10-19-15/h1-3,5-6,11-12,15H,4,7-10H2. The van der Waals surface area contributed by atoms with Crippen molar-refractivity contribution in [2.75, 3.05) is 13.2 Å². The van der Waals surface area contributed by atoms with Crippen LogP contribution in [0, 0.1) is 0 Å². The molecule has 0 saturated carbocycles. The molecule has 0 aliphatic carbocycles. The molecule has 19 heavy (non-hydrogen) atoms. The summed E-state index contributed by atoms with van der Waals surface area (Å²) in [5.41, 5.74) is 2.15. The van der Waals surface area contributed by atoms with Crippen LogP contribution >= 0.6 is 0 Å². The van der Waals surface area contributed by atoms with E-state index in [9.17, 15) is 0 Å². The lowest BCUT2D eigenvalue weighted by atomic mass is 10.2. The predicted molar refractivity (Wildman–Crippen MR) is 72.6 cm³/mol. The first-order valence-corrected chi connectivity index (χ1v) is 6.72. The van der Waals surface area contributed by atoms with Gasteiger partial charge in [0.25, 0.3) is 0 Å². The molecule has 0 radical (unpaired) electrons. The SMILES string of the molecule is c1ccc(-c2cn(CCC3OCCCO3)cn2)cc1. The van der Waals surface area contributed by atoms with Crippen molar-refractivity contribution in [3.05, 3.63) is 42.9 Å². The first-order valence-electron chi connectivity index (χ1n) is 6.72. The van der Waals surface area contributed by atoms with E-state index < -0.39 is 0 Å². The highest BCUT2D eigenvalue weighted by Gasteiger charge is 2.13. The number of hydrogen-bond acceptors (Lipinski definition) is 3. The summed E-state index contributed by atoms with van der Waals surface area (Å²) in [5, 5.41) is 0. The van der Waals surface area contributed by atoms with Gasteiger partial charge in [-0.05, 0) is 6.42 Å². The Bertz CT molecular complexity index is 504. The third kappa shape index (κ3) is 3.22. The molecular weight excluding hydrogens is 240 g/mol.